The van der Waals surface area contributed by atoms with Gasteiger partial charge >= 0.3 is 0 Å². The summed E-state index contributed by atoms with van der Waals surface area (Å²) < 4.78 is 5.53. The van der Waals surface area contributed by atoms with Gasteiger partial charge in [-0.15, -0.1) is 0 Å². The fraction of sp³-hybridized carbons (Fsp3) is 0.304. The average molecular weight is 393 g/mol. The summed E-state index contributed by atoms with van der Waals surface area (Å²) in [6.07, 6.45) is 2.52. The Labute approximate surface area is 171 Å². The molecule has 0 radical (unpaired) electrons. The van der Waals surface area contributed by atoms with E-state index in [1.54, 1.807) is 12.3 Å². The largest absolute Gasteiger partial charge is 0.397 e. The Morgan fingerprint density at radius 1 is 1.17 bits per heavy atom. The maximum absolute atomic E-state index is 12.9. The number of pyridine rings is 1. The minimum absolute atomic E-state index is 0.178. The molecule has 1 amide bonds. The Kier molecular flexibility index (Phi) is 6.67. The zero-order valence-electron chi connectivity index (χ0n) is 17.2. The Bertz CT molecular complexity index is 1000. The summed E-state index contributed by atoms with van der Waals surface area (Å²) >= 11 is 0. The summed E-state index contributed by atoms with van der Waals surface area (Å²) in [4.78, 5) is 17.3. The molecular formula is C23H28N4O2. The van der Waals surface area contributed by atoms with Crippen molar-refractivity contribution in [2.24, 2.45) is 0 Å². The second-order valence-corrected chi connectivity index (χ2v) is 7.26. The van der Waals surface area contributed by atoms with E-state index in [-0.39, 0.29) is 12.0 Å². The lowest BCUT2D eigenvalue weighted by atomic mass is 10.1. The SMILES string of the molecule is Cc1ccccc1Nc1c(C(=O)NCCCOC(C)C)cnc2c(N)cccc12. The number of benzene rings is 2. The number of anilines is 3. The second kappa shape index (κ2) is 9.39. The lowest BCUT2D eigenvalue weighted by molar-refractivity contribution is 0.0757. The number of carbonyl (C=O) groups excluding carboxylic acids is 1. The highest BCUT2D eigenvalue weighted by Crippen LogP contribution is 2.32. The van der Waals surface area contributed by atoms with E-state index in [2.05, 4.69) is 15.6 Å². The first-order chi connectivity index (χ1) is 14.0. The Balaban J connectivity index is 1.90. The van der Waals surface area contributed by atoms with Gasteiger partial charge in [0, 0.05) is 30.4 Å². The molecule has 0 saturated carbocycles. The molecule has 0 aliphatic rings. The number of carbonyl (C=O) groups is 1. The van der Waals surface area contributed by atoms with Gasteiger partial charge in [-0.25, -0.2) is 0 Å². The van der Waals surface area contributed by atoms with Gasteiger partial charge < -0.3 is 21.1 Å². The minimum Gasteiger partial charge on any atom is -0.397 e. The molecule has 6 heteroatoms. The van der Waals surface area contributed by atoms with Crippen LogP contribution in [0.15, 0.2) is 48.7 Å². The zero-order valence-corrected chi connectivity index (χ0v) is 17.2. The van der Waals surface area contributed by atoms with Gasteiger partial charge in [-0.1, -0.05) is 30.3 Å². The molecule has 2 aromatic carbocycles. The van der Waals surface area contributed by atoms with E-state index in [1.807, 2.05) is 57.2 Å². The van der Waals surface area contributed by atoms with E-state index in [0.717, 1.165) is 23.1 Å². The number of fused-ring (bicyclic) bond motifs is 1. The summed E-state index contributed by atoms with van der Waals surface area (Å²) in [6.45, 7) is 7.15. The molecule has 0 aliphatic heterocycles. The van der Waals surface area contributed by atoms with Crippen LogP contribution in [0.5, 0.6) is 0 Å². The fourth-order valence-corrected chi connectivity index (χ4v) is 3.09. The number of nitrogens with one attached hydrogen (secondary N) is 2. The first-order valence-electron chi connectivity index (χ1n) is 9.87. The third-order valence-electron chi connectivity index (χ3n) is 4.64. The van der Waals surface area contributed by atoms with Crippen LogP contribution in [-0.4, -0.2) is 30.1 Å². The molecule has 6 nitrogen and oxygen atoms in total. The lowest BCUT2D eigenvalue weighted by Gasteiger charge is -2.17. The van der Waals surface area contributed by atoms with Crippen molar-refractivity contribution >= 4 is 33.9 Å². The first kappa shape index (κ1) is 20.6. The Morgan fingerprint density at radius 3 is 2.72 bits per heavy atom. The van der Waals surface area contributed by atoms with E-state index in [4.69, 9.17) is 10.5 Å². The number of nitrogen functional groups attached to an aromatic ring is 1. The molecule has 3 aromatic rings. The maximum atomic E-state index is 12.9. The van der Waals surface area contributed by atoms with Crippen molar-refractivity contribution in [1.82, 2.24) is 10.3 Å². The van der Waals surface area contributed by atoms with E-state index in [9.17, 15) is 4.79 Å². The fourth-order valence-electron chi connectivity index (χ4n) is 3.09. The van der Waals surface area contributed by atoms with Crippen molar-refractivity contribution in [3.8, 4) is 0 Å². The van der Waals surface area contributed by atoms with Crippen LogP contribution >= 0.6 is 0 Å². The maximum Gasteiger partial charge on any atom is 0.254 e. The van der Waals surface area contributed by atoms with Crippen LogP contribution in [0, 0.1) is 6.92 Å². The number of hydrogen-bond donors (Lipinski definition) is 3. The van der Waals surface area contributed by atoms with Gasteiger partial charge in [-0.3, -0.25) is 9.78 Å². The first-order valence-corrected chi connectivity index (χ1v) is 9.87. The monoisotopic (exact) mass is 392 g/mol. The van der Waals surface area contributed by atoms with Crippen LogP contribution in [0.2, 0.25) is 0 Å². The molecule has 3 rings (SSSR count). The molecule has 0 bridgehead atoms. The molecule has 4 N–H and O–H groups in total. The number of nitrogens with two attached hydrogens (primary N) is 1. The van der Waals surface area contributed by atoms with Crippen LogP contribution in [0.25, 0.3) is 10.9 Å². The molecule has 152 valence electrons. The van der Waals surface area contributed by atoms with Crippen LogP contribution in [0.1, 0.15) is 36.2 Å². The smallest absolute Gasteiger partial charge is 0.254 e. The highest BCUT2D eigenvalue weighted by atomic mass is 16.5. The van der Waals surface area contributed by atoms with Crippen molar-refractivity contribution in [3.05, 3.63) is 59.8 Å². The van der Waals surface area contributed by atoms with Gasteiger partial charge in [0.05, 0.1) is 28.6 Å². The lowest BCUT2D eigenvalue weighted by Crippen LogP contribution is -2.26. The molecule has 0 spiro atoms. The van der Waals surface area contributed by atoms with Gasteiger partial charge in [0.1, 0.15) is 0 Å². The predicted molar refractivity (Wildman–Crippen MR) is 119 cm³/mol. The van der Waals surface area contributed by atoms with Crippen LogP contribution in [0.4, 0.5) is 17.1 Å². The van der Waals surface area contributed by atoms with Gasteiger partial charge in [0.25, 0.3) is 5.91 Å². The summed E-state index contributed by atoms with van der Waals surface area (Å²) in [7, 11) is 0. The summed E-state index contributed by atoms with van der Waals surface area (Å²) in [5.74, 6) is -0.178. The number of rotatable bonds is 8. The summed E-state index contributed by atoms with van der Waals surface area (Å²) in [6, 6.07) is 13.5. The molecule has 0 atom stereocenters. The molecule has 1 aromatic heterocycles. The Hall–Kier alpha value is -3.12. The van der Waals surface area contributed by atoms with Crippen LogP contribution in [0.3, 0.4) is 0 Å². The highest BCUT2D eigenvalue weighted by Gasteiger charge is 2.17. The highest BCUT2D eigenvalue weighted by molar-refractivity contribution is 6.10. The Morgan fingerprint density at radius 2 is 1.97 bits per heavy atom. The molecule has 0 saturated heterocycles. The molecule has 0 fully saturated rings. The third kappa shape index (κ3) is 5.03. The van der Waals surface area contributed by atoms with Crippen LogP contribution < -0.4 is 16.4 Å². The van der Waals surface area contributed by atoms with Gasteiger partial charge in [-0.2, -0.15) is 0 Å². The standard InChI is InChI=1S/C23H28N4O2/c1-15(2)29-13-7-12-25-23(28)18-14-26-22-17(9-6-10-19(22)24)21(18)27-20-11-5-4-8-16(20)3/h4-6,8-11,14-15H,7,12-13,24H2,1-3H3,(H,25,28)(H,26,27). The second-order valence-electron chi connectivity index (χ2n) is 7.26. The molecule has 0 unspecified atom stereocenters. The number of nitrogens with zero attached hydrogens (tertiary/aromatic N) is 1. The summed E-state index contributed by atoms with van der Waals surface area (Å²) in [5.41, 5.74) is 10.6. The topological polar surface area (TPSA) is 89.3 Å². The van der Waals surface area contributed by atoms with Crippen molar-refractivity contribution in [2.45, 2.75) is 33.3 Å². The zero-order chi connectivity index (χ0) is 20.8. The molecule has 1 heterocycles. The normalized spacial score (nSPS) is 11.0. The van der Waals surface area contributed by atoms with E-state index in [1.165, 1.54) is 0 Å². The predicted octanol–water partition coefficient (Wildman–Crippen LogP) is 4.41. The van der Waals surface area contributed by atoms with Gasteiger partial charge in [0.15, 0.2) is 0 Å². The van der Waals surface area contributed by atoms with E-state index >= 15 is 0 Å². The van der Waals surface area contributed by atoms with E-state index in [0.29, 0.717) is 35.6 Å². The average Bonchev–Trinajstić information content (AvgIpc) is 2.69. The van der Waals surface area contributed by atoms with Crippen molar-refractivity contribution < 1.29 is 9.53 Å². The number of aryl methyl sites for hydroxylation is 1. The third-order valence-corrected chi connectivity index (χ3v) is 4.64. The number of ether oxygens (including phenoxy) is 1. The molecule has 29 heavy (non-hydrogen) atoms. The quantitative estimate of drug-likeness (QED) is 0.390. The van der Waals surface area contributed by atoms with Crippen molar-refractivity contribution in [3.63, 3.8) is 0 Å². The number of para-hydroxylation sites is 2. The number of aromatic nitrogens is 1. The number of hydrogen-bond acceptors (Lipinski definition) is 5. The van der Waals surface area contributed by atoms with E-state index < -0.39 is 0 Å². The number of amides is 1. The van der Waals surface area contributed by atoms with Crippen molar-refractivity contribution in [2.75, 3.05) is 24.2 Å². The minimum atomic E-state index is -0.178. The van der Waals surface area contributed by atoms with Crippen molar-refractivity contribution in [1.29, 1.82) is 0 Å². The molecule has 0 aliphatic carbocycles. The molecular weight excluding hydrogens is 364 g/mol. The van der Waals surface area contributed by atoms with Gasteiger partial charge in [-0.05, 0) is 44.9 Å². The van der Waals surface area contributed by atoms with Crippen LogP contribution in [-0.2, 0) is 4.74 Å². The summed E-state index contributed by atoms with van der Waals surface area (Å²) in [5, 5.41) is 7.20. The van der Waals surface area contributed by atoms with Gasteiger partial charge in [0.2, 0.25) is 0 Å².